The molecule has 1 aliphatic heterocycles. The largest absolute Gasteiger partial charge is 0.507 e. The van der Waals surface area contributed by atoms with Crippen LogP contribution in [0.2, 0.25) is 0 Å². The summed E-state index contributed by atoms with van der Waals surface area (Å²) in [5, 5.41) is 19.6. The highest BCUT2D eigenvalue weighted by Crippen LogP contribution is 2.48. The van der Waals surface area contributed by atoms with Crippen molar-refractivity contribution in [2.75, 3.05) is 6.79 Å². The summed E-state index contributed by atoms with van der Waals surface area (Å²) in [6, 6.07) is 3.05. The number of hydrogen-bond donors (Lipinski definition) is 2. The fraction of sp³-hybridized carbons (Fsp3) is 0.462. The lowest BCUT2D eigenvalue weighted by atomic mass is 9.78. The molecular formula is C13H14O5. The van der Waals surface area contributed by atoms with E-state index in [9.17, 15) is 15.0 Å². The van der Waals surface area contributed by atoms with Gasteiger partial charge in [-0.15, -0.1) is 0 Å². The molecular weight excluding hydrogens is 236 g/mol. The van der Waals surface area contributed by atoms with E-state index in [0.717, 1.165) is 12.8 Å². The van der Waals surface area contributed by atoms with Gasteiger partial charge in [-0.25, -0.2) is 0 Å². The van der Waals surface area contributed by atoms with Crippen LogP contribution in [0.3, 0.4) is 0 Å². The number of carbonyl (C=O) groups is 1. The van der Waals surface area contributed by atoms with Crippen LogP contribution in [0, 0.1) is 0 Å². The molecule has 0 bridgehead atoms. The Morgan fingerprint density at radius 2 is 1.78 bits per heavy atom. The number of hydrogen-bond acceptors (Lipinski definition) is 4. The monoisotopic (exact) mass is 250 g/mol. The van der Waals surface area contributed by atoms with Crippen LogP contribution in [0.25, 0.3) is 0 Å². The number of benzene rings is 1. The number of carboxylic acid groups (broad SMARTS) is 1. The highest BCUT2D eigenvalue weighted by atomic mass is 16.7. The Labute approximate surface area is 104 Å². The molecule has 5 heteroatoms. The Morgan fingerprint density at radius 1 is 1.17 bits per heavy atom. The van der Waals surface area contributed by atoms with Crippen molar-refractivity contribution in [3.63, 3.8) is 0 Å². The number of ether oxygens (including phenoxy) is 2. The number of aromatic hydroxyl groups is 1. The van der Waals surface area contributed by atoms with Crippen molar-refractivity contribution >= 4 is 5.97 Å². The van der Waals surface area contributed by atoms with Gasteiger partial charge in [-0.2, -0.15) is 0 Å². The summed E-state index contributed by atoms with van der Waals surface area (Å²) in [5.41, 5.74) is -0.540. The van der Waals surface area contributed by atoms with Gasteiger partial charge in [0, 0.05) is 11.6 Å². The normalized spacial score (nSPS) is 20.0. The highest BCUT2D eigenvalue weighted by molar-refractivity contribution is 5.83. The third-order valence-electron chi connectivity index (χ3n) is 3.87. The topological polar surface area (TPSA) is 76.0 Å². The Hall–Kier alpha value is -1.91. The van der Waals surface area contributed by atoms with Gasteiger partial charge in [-0.3, -0.25) is 4.79 Å². The van der Waals surface area contributed by atoms with Gasteiger partial charge in [0.15, 0.2) is 11.5 Å². The summed E-state index contributed by atoms with van der Waals surface area (Å²) >= 11 is 0. The fourth-order valence-corrected chi connectivity index (χ4v) is 2.89. The number of aliphatic carboxylic acids is 1. The molecule has 18 heavy (non-hydrogen) atoms. The van der Waals surface area contributed by atoms with Crippen LogP contribution in [-0.4, -0.2) is 23.0 Å². The van der Waals surface area contributed by atoms with Crippen molar-refractivity contribution in [1.29, 1.82) is 0 Å². The number of phenolic OH excluding ortho intramolecular Hbond substituents is 1. The minimum absolute atomic E-state index is 0.0245. The molecule has 1 aromatic rings. The van der Waals surface area contributed by atoms with E-state index in [1.54, 1.807) is 6.07 Å². The van der Waals surface area contributed by atoms with Crippen molar-refractivity contribution in [1.82, 2.24) is 0 Å². The molecule has 3 rings (SSSR count). The predicted molar refractivity (Wildman–Crippen MR) is 62.0 cm³/mol. The fourth-order valence-electron chi connectivity index (χ4n) is 2.89. The molecule has 1 fully saturated rings. The van der Waals surface area contributed by atoms with Gasteiger partial charge in [-0.05, 0) is 18.9 Å². The van der Waals surface area contributed by atoms with Crippen molar-refractivity contribution < 1.29 is 24.5 Å². The van der Waals surface area contributed by atoms with Crippen LogP contribution in [0.4, 0.5) is 0 Å². The summed E-state index contributed by atoms with van der Waals surface area (Å²) in [6.07, 6.45) is 2.82. The third-order valence-corrected chi connectivity index (χ3v) is 3.87. The Balaban J connectivity index is 2.13. The molecule has 5 nitrogen and oxygen atoms in total. The van der Waals surface area contributed by atoms with Crippen molar-refractivity contribution in [2.45, 2.75) is 31.1 Å². The summed E-state index contributed by atoms with van der Waals surface area (Å²) < 4.78 is 10.4. The molecule has 0 spiro atoms. The SMILES string of the molecule is O=C(O)C1(c2cc3c(cc2O)OCO3)CCCC1. The Morgan fingerprint density at radius 3 is 2.39 bits per heavy atom. The summed E-state index contributed by atoms with van der Waals surface area (Å²) in [7, 11) is 0. The molecule has 0 aromatic heterocycles. The minimum atomic E-state index is -0.981. The first-order valence-electron chi connectivity index (χ1n) is 6.00. The van der Waals surface area contributed by atoms with Crippen LogP contribution in [0.5, 0.6) is 17.2 Å². The molecule has 0 saturated heterocycles. The quantitative estimate of drug-likeness (QED) is 0.839. The summed E-state index contributed by atoms with van der Waals surface area (Å²) in [6.45, 7) is 0.109. The maximum Gasteiger partial charge on any atom is 0.314 e. The lowest BCUT2D eigenvalue weighted by molar-refractivity contribution is -0.143. The average molecular weight is 250 g/mol. The average Bonchev–Trinajstić information content (AvgIpc) is 2.95. The van der Waals surface area contributed by atoms with Gasteiger partial charge in [-0.1, -0.05) is 12.8 Å². The lowest BCUT2D eigenvalue weighted by Gasteiger charge is -2.25. The summed E-state index contributed by atoms with van der Waals surface area (Å²) in [4.78, 5) is 11.6. The van der Waals surface area contributed by atoms with E-state index < -0.39 is 11.4 Å². The predicted octanol–water partition coefficient (Wildman–Crippen LogP) is 2.02. The van der Waals surface area contributed by atoms with Gasteiger partial charge >= 0.3 is 5.97 Å². The van der Waals surface area contributed by atoms with Crippen LogP contribution in [0.1, 0.15) is 31.2 Å². The second kappa shape index (κ2) is 3.80. The standard InChI is InChI=1S/C13H14O5/c14-9-6-11-10(17-7-18-11)5-8(9)13(12(15)16)3-1-2-4-13/h5-6,14H,1-4,7H2,(H,15,16). The van der Waals surface area contributed by atoms with Crippen LogP contribution < -0.4 is 9.47 Å². The van der Waals surface area contributed by atoms with Crippen LogP contribution in [-0.2, 0) is 10.2 Å². The molecule has 1 aromatic carbocycles. The van der Waals surface area contributed by atoms with E-state index in [0.29, 0.717) is 29.9 Å². The maximum absolute atomic E-state index is 11.6. The lowest BCUT2D eigenvalue weighted by Crippen LogP contribution is -2.32. The third kappa shape index (κ3) is 1.43. The van der Waals surface area contributed by atoms with Crippen molar-refractivity contribution in [3.05, 3.63) is 17.7 Å². The van der Waals surface area contributed by atoms with E-state index >= 15 is 0 Å². The molecule has 96 valence electrons. The van der Waals surface area contributed by atoms with E-state index in [-0.39, 0.29) is 12.5 Å². The molecule has 0 unspecified atom stereocenters. The van der Waals surface area contributed by atoms with E-state index in [4.69, 9.17) is 9.47 Å². The number of rotatable bonds is 2. The van der Waals surface area contributed by atoms with E-state index in [1.165, 1.54) is 6.07 Å². The number of fused-ring (bicyclic) bond motifs is 1. The Kier molecular flexibility index (Phi) is 2.36. The highest BCUT2D eigenvalue weighted by Gasteiger charge is 2.45. The van der Waals surface area contributed by atoms with Gasteiger partial charge in [0.05, 0.1) is 5.41 Å². The van der Waals surface area contributed by atoms with Gasteiger partial charge < -0.3 is 19.7 Å². The molecule has 2 aliphatic rings. The van der Waals surface area contributed by atoms with Crippen molar-refractivity contribution in [3.8, 4) is 17.2 Å². The molecule has 2 N–H and O–H groups in total. The first-order valence-corrected chi connectivity index (χ1v) is 6.00. The molecule has 1 heterocycles. The molecule has 0 atom stereocenters. The first-order chi connectivity index (χ1) is 8.63. The Bertz CT molecular complexity index is 502. The number of phenols is 1. The van der Waals surface area contributed by atoms with E-state index in [1.807, 2.05) is 0 Å². The van der Waals surface area contributed by atoms with E-state index in [2.05, 4.69) is 0 Å². The molecule has 0 radical (unpaired) electrons. The smallest absolute Gasteiger partial charge is 0.314 e. The molecule has 1 aliphatic carbocycles. The van der Waals surface area contributed by atoms with Gasteiger partial charge in [0.2, 0.25) is 6.79 Å². The second-order valence-electron chi connectivity index (χ2n) is 4.82. The van der Waals surface area contributed by atoms with Gasteiger partial charge in [0.1, 0.15) is 5.75 Å². The van der Waals surface area contributed by atoms with Gasteiger partial charge in [0.25, 0.3) is 0 Å². The minimum Gasteiger partial charge on any atom is -0.507 e. The second-order valence-corrected chi connectivity index (χ2v) is 4.82. The zero-order chi connectivity index (χ0) is 12.8. The number of carboxylic acids is 1. The first kappa shape index (κ1) is 11.2. The summed E-state index contributed by atoms with van der Waals surface area (Å²) in [5.74, 6) is 0.0721. The maximum atomic E-state index is 11.6. The van der Waals surface area contributed by atoms with Crippen molar-refractivity contribution in [2.24, 2.45) is 0 Å². The van der Waals surface area contributed by atoms with Crippen LogP contribution >= 0.6 is 0 Å². The van der Waals surface area contributed by atoms with Crippen LogP contribution in [0.15, 0.2) is 12.1 Å². The molecule has 1 saturated carbocycles. The molecule has 0 amide bonds. The zero-order valence-corrected chi connectivity index (χ0v) is 9.81. The zero-order valence-electron chi connectivity index (χ0n) is 9.81.